The van der Waals surface area contributed by atoms with Gasteiger partial charge in [-0.3, -0.25) is 4.79 Å². The van der Waals surface area contributed by atoms with Crippen LogP contribution in [0.3, 0.4) is 0 Å². The molecule has 1 amide bonds. The van der Waals surface area contributed by atoms with Crippen LogP contribution in [0.15, 0.2) is 0 Å². The number of methoxy groups -OCH3 is 1. The molecule has 0 aromatic rings. The van der Waals surface area contributed by atoms with E-state index in [2.05, 4.69) is 5.32 Å². The summed E-state index contributed by atoms with van der Waals surface area (Å²) < 4.78 is 4.91. The predicted octanol–water partition coefficient (Wildman–Crippen LogP) is 0.376. The van der Waals surface area contributed by atoms with Crippen molar-refractivity contribution in [1.29, 1.82) is 0 Å². The number of ether oxygens (including phenoxy) is 1. The van der Waals surface area contributed by atoms with Gasteiger partial charge in [-0.2, -0.15) is 0 Å². The molecule has 1 atom stereocenters. The number of aliphatic hydroxyl groups is 1. The van der Waals surface area contributed by atoms with Gasteiger partial charge < -0.3 is 20.1 Å². The van der Waals surface area contributed by atoms with Gasteiger partial charge in [0.2, 0.25) is 5.91 Å². The van der Waals surface area contributed by atoms with Gasteiger partial charge in [-0.15, -0.1) is 0 Å². The molecule has 0 spiro atoms. The Balaban J connectivity index is 2.22. The molecule has 1 heterocycles. The van der Waals surface area contributed by atoms with Crippen LogP contribution in [0.2, 0.25) is 0 Å². The first-order valence-corrected chi connectivity index (χ1v) is 6.89. The van der Waals surface area contributed by atoms with E-state index in [1.54, 1.807) is 7.11 Å². The lowest BCUT2D eigenvalue weighted by Gasteiger charge is -2.27. The summed E-state index contributed by atoms with van der Waals surface area (Å²) in [6.07, 6.45) is 4.51. The number of rotatable bonds is 7. The zero-order valence-corrected chi connectivity index (χ0v) is 11.4. The molecule has 0 aliphatic carbocycles. The summed E-state index contributed by atoms with van der Waals surface area (Å²) in [6, 6.07) is 0. The van der Waals surface area contributed by atoms with Crippen LogP contribution < -0.4 is 5.32 Å². The highest BCUT2D eigenvalue weighted by Gasteiger charge is 2.18. The average molecular weight is 258 g/mol. The summed E-state index contributed by atoms with van der Waals surface area (Å²) in [7, 11) is 1.65. The van der Waals surface area contributed by atoms with Gasteiger partial charge in [0.15, 0.2) is 0 Å². The number of nitrogens with zero attached hydrogens (tertiary/aromatic N) is 1. The average Bonchev–Trinajstić information content (AvgIpc) is 2.34. The number of nitrogens with one attached hydrogen (secondary N) is 1. The first-order chi connectivity index (χ1) is 8.74. The SMILES string of the molecule is COCCNCC(O)CN1CCCCCCC1=O. The Morgan fingerprint density at radius 1 is 1.39 bits per heavy atom. The summed E-state index contributed by atoms with van der Waals surface area (Å²) in [5.74, 6) is 0.186. The van der Waals surface area contributed by atoms with Crippen molar-refractivity contribution in [1.82, 2.24) is 10.2 Å². The lowest BCUT2D eigenvalue weighted by atomic mass is 10.1. The molecule has 2 N–H and O–H groups in total. The largest absolute Gasteiger partial charge is 0.390 e. The number of hydrogen-bond donors (Lipinski definition) is 2. The highest BCUT2D eigenvalue weighted by atomic mass is 16.5. The lowest BCUT2D eigenvalue weighted by Crippen LogP contribution is -2.42. The number of carbonyl (C=O) groups is 1. The van der Waals surface area contributed by atoms with E-state index >= 15 is 0 Å². The van der Waals surface area contributed by atoms with Crippen LogP contribution >= 0.6 is 0 Å². The fourth-order valence-corrected chi connectivity index (χ4v) is 2.17. The van der Waals surface area contributed by atoms with E-state index in [0.717, 1.165) is 32.4 Å². The molecule has 1 saturated heterocycles. The van der Waals surface area contributed by atoms with E-state index in [-0.39, 0.29) is 5.91 Å². The van der Waals surface area contributed by atoms with E-state index in [1.807, 2.05) is 4.90 Å². The molecule has 0 bridgehead atoms. The van der Waals surface area contributed by atoms with Crippen molar-refractivity contribution < 1.29 is 14.6 Å². The van der Waals surface area contributed by atoms with Gasteiger partial charge in [0.1, 0.15) is 0 Å². The number of carbonyl (C=O) groups excluding carboxylic acids is 1. The Bertz CT molecular complexity index is 236. The van der Waals surface area contributed by atoms with Crippen molar-refractivity contribution in [3.05, 3.63) is 0 Å². The van der Waals surface area contributed by atoms with E-state index < -0.39 is 6.10 Å². The molecule has 5 nitrogen and oxygen atoms in total. The number of β-amino-alcohol motifs (C(OH)–C–C–N with tert-alkyl or cyclic N) is 1. The van der Waals surface area contributed by atoms with E-state index in [1.165, 1.54) is 6.42 Å². The molecular weight excluding hydrogens is 232 g/mol. The maximum atomic E-state index is 11.9. The van der Waals surface area contributed by atoms with Gasteiger partial charge in [0, 0.05) is 39.7 Å². The molecule has 18 heavy (non-hydrogen) atoms. The third kappa shape index (κ3) is 6.33. The fourth-order valence-electron chi connectivity index (χ4n) is 2.17. The Labute approximate surface area is 109 Å². The standard InChI is InChI=1S/C13H26N2O3/c1-18-9-7-14-10-12(16)11-15-8-5-3-2-4-6-13(15)17/h12,14,16H,2-11H2,1H3. The predicted molar refractivity (Wildman–Crippen MR) is 70.4 cm³/mol. The Morgan fingerprint density at radius 2 is 2.17 bits per heavy atom. The molecule has 1 unspecified atom stereocenters. The van der Waals surface area contributed by atoms with Gasteiger partial charge in [-0.05, 0) is 12.8 Å². The Morgan fingerprint density at radius 3 is 2.94 bits per heavy atom. The number of likely N-dealkylation sites (tertiary alicyclic amines) is 1. The van der Waals surface area contributed by atoms with Crippen LogP contribution in [0.5, 0.6) is 0 Å². The summed E-state index contributed by atoms with van der Waals surface area (Å²) in [4.78, 5) is 13.7. The van der Waals surface area contributed by atoms with Gasteiger partial charge in [0.05, 0.1) is 12.7 Å². The van der Waals surface area contributed by atoms with Gasteiger partial charge in [-0.25, -0.2) is 0 Å². The molecule has 1 fully saturated rings. The van der Waals surface area contributed by atoms with Crippen LogP contribution in [0.1, 0.15) is 32.1 Å². The Kier molecular flexibility index (Phi) is 7.96. The molecule has 0 saturated carbocycles. The molecular formula is C13H26N2O3. The molecule has 0 aromatic heterocycles. The first-order valence-electron chi connectivity index (χ1n) is 6.89. The number of amides is 1. The summed E-state index contributed by atoms with van der Waals surface area (Å²) >= 11 is 0. The molecule has 5 heteroatoms. The van der Waals surface area contributed by atoms with Gasteiger partial charge in [0.25, 0.3) is 0 Å². The summed E-state index contributed by atoms with van der Waals surface area (Å²) in [6.45, 7) is 3.09. The monoisotopic (exact) mass is 258 g/mol. The third-order valence-corrected chi connectivity index (χ3v) is 3.22. The zero-order chi connectivity index (χ0) is 13.2. The highest BCUT2D eigenvalue weighted by Crippen LogP contribution is 2.11. The molecule has 0 aromatic carbocycles. The first kappa shape index (κ1) is 15.4. The van der Waals surface area contributed by atoms with Gasteiger partial charge >= 0.3 is 0 Å². The minimum atomic E-state index is -0.495. The number of hydrogen-bond acceptors (Lipinski definition) is 4. The highest BCUT2D eigenvalue weighted by molar-refractivity contribution is 5.76. The second-order valence-corrected chi connectivity index (χ2v) is 4.85. The normalized spacial score (nSPS) is 19.4. The minimum absolute atomic E-state index is 0.186. The zero-order valence-electron chi connectivity index (χ0n) is 11.4. The summed E-state index contributed by atoms with van der Waals surface area (Å²) in [5, 5.41) is 13.0. The molecule has 0 radical (unpaired) electrons. The van der Waals surface area contributed by atoms with Crippen molar-refractivity contribution >= 4 is 5.91 Å². The maximum Gasteiger partial charge on any atom is 0.222 e. The second kappa shape index (κ2) is 9.30. The fraction of sp³-hybridized carbons (Fsp3) is 0.923. The van der Waals surface area contributed by atoms with Crippen molar-refractivity contribution in [2.45, 2.75) is 38.2 Å². The van der Waals surface area contributed by atoms with Crippen molar-refractivity contribution in [2.75, 3.05) is 39.9 Å². The third-order valence-electron chi connectivity index (χ3n) is 3.22. The second-order valence-electron chi connectivity index (χ2n) is 4.85. The lowest BCUT2D eigenvalue weighted by molar-refractivity contribution is -0.133. The summed E-state index contributed by atoms with van der Waals surface area (Å²) in [5.41, 5.74) is 0. The van der Waals surface area contributed by atoms with Gasteiger partial charge in [-0.1, -0.05) is 12.8 Å². The van der Waals surface area contributed by atoms with Crippen LogP contribution in [0.25, 0.3) is 0 Å². The van der Waals surface area contributed by atoms with Crippen molar-refractivity contribution in [2.24, 2.45) is 0 Å². The van der Waals surface area contributed by atoms with Crippen molar-refractivity contribution in [3.8, 4) is 0 Å². The van der Waals surface area contributed by atoms with Crippen LogP contribution in [0.4, 0.5) is 0 Å². The molecule has 1 rings (SSSR count). The molecule has 1 aliphatic heterocycles. The van der Waals surface area contributed by atoms with E-state index in [0.29, 0.717) is 26.1 Å². The van der Waals surface area contributed by atoms with Crippen LogP contribution in [-0.2, 0) is 9.53 Å². The van der Waals surface area contributed by atoms with Crippen molar-refractivity contribution in [3.63, 3.8) is 0 Å². The topological polar surface area (TPSA) is 61.8 Å². The van der Waals surface area contributed by atoms with E-state index in [9.17, 15) is 9.90 Å². The van der Waals surface area contributed by atoms with Crippen LogP contribution in [0, 0.1) is 0 Å². The minimum Gasteiger partial charge on any atom is -0.390 e. The quantitative estimate of drug-likeness (QED) is 0.648. The Hall–Kier alpha value is -0.650. The van der Waals surface area contributed by atoms with Crippen LogP contribution in [-0.4, -0.2) is 61.9 Å². The number of aliphatic hydroxyl groups excluding tert-OH is 1. The molecule has 106 valence electrons. The maximum absolute atomic E-state index is 11.9. The van der Waals surface area contributed by atoms with E-state index in [4.69, 9.17) is 4.74 Å². The smallest absolute Gasteiger partial charge is 0.222 e. The molecule has 1 aliphatic rings.